The van der Waals surface area contributed by atoms with Crippen LogP contribution in [0.1, 0.15) is 25.1 Å². The minimum absolute atomic E-state index is 0.195. The van der Waals surface area contributed by atoms with Crippen molar-refractivity contribution in [2.45, 2.75) is 32.4 Å². The number of hydrogen-bond donors (Lipinski definition) is 0. The van der Waals surface area contributed by atoms with E-state index in [1.807, 2.05) is 44.2 Å². The predicted molar refractivity (Wildman–Crippen MR) is 125 cm³/mol. The molecule has 1 aliphatic rings. The van der Waals surface area contributed by atoms with Crippen molar-refractivity contribution >= 4 is 32.6 Å². The molecule has 33 heavy (non-hydrogen) atoms. The Bertz CT molecular complexity index is 1320. The zero-order chi connectivity index (χ0) is 23.0. The lowest BCUT2D eigenvalue weighted by Gasteiger charge is -2.21. The van der Waals surface area contributed by atoms with Crippen LogP contribution in [-0.2, 0) is 17.8 Å². The molecule has 5 rings (SSSR count). The number of para-hydroxylation sites is 2. The fourth-order valence-electron chi connectivity index (χ4n) is 3.85. The molecule has 3 heterocycles. The Morgan fingerprint density at radius 3 is 2.82 bits per heavy atom. The van der Waals surface area contributed by atoms with Gasteiger partial charge < -0.3 is 9.47 Å². The van der Waals surface area contributed by atoms with E-state index < -0.39 is 5.82 Å². The van der Waals surface area contributed by atoms with E-state index in [0.29, 0.717) is 27.0 Å². The molecule has 1 aliphatic heterocycles. The topological polar surface area (TPSA) is 64.5 Å². The zero-order valence-electron chi connectivity index (χ0n) is 18.2. The summed E-state index contributed by atoms with van der Waals surface area (Å²) >= 11 is 1.25. The summed E-state index contributed by atoms with van der Waals surface area (Å²) in [6.45, 7) is 4.01. The number of halogens is 1. The van der Waals surface area contributed by atoms with Crippen molar-refractivity contribution in [3.05, 3.63) is 77.9 Å². The van der Waals surface area contributed by atoms with Gasteiger partial charge in [0.2, 0.25) is 0 Å². The van der Waals surface area contributed by atoms with Crippen LogP contribution >= 0.6 is 11.3 Å². The predicted octanol–water partition coefficient (Wildman–Crippen LogP) is 5.16. The van der Waals surface area contributed by atoms with Crippen molar-refractivity contribution in [3.63, 3.8) is 0 Å². The van der Waals surface area contributed by atoms with Gasteiger partial charge in [0.15, 0.2) is 23.2 Å². The number of thiazole rings is 1. The number of rotatable bonds is 6. The molecule has 8 heteroatoms. The van der Waals surface area contributed by atoms with Gasteiger partial charge in [-0.2, -0.15) is 0 Å². The molecule has 0 saturated heterocycles. The molecule has 0 N–H and O–H groups in total. The molecule has 168 valence electrons. The van der Waals surface area contributed by atoms with Crippen molar-refractivity contribution in [2.24, 2.45) is 0 Å². The lowest BCUT2D eigenvalue weighted by molar-refractivity contribution is -0.120. The average molecular weight is 464 g/mol. The Morgan fingerprint density at radius 2 is 2.03 bits per heavy atom. The Kier molecular flexibility index (Phi) is 5.46. The summed E-state index contributed by atoms with van der Waals surface area (Å²) in [4.78, 5) is 23.5. The first-order valence-corrected chi connectivity index (χ1v) is 11.4. The molecule has 0 atom stereocenters. The van der Waals surface area contributed by atoms with Gasteiger partial charge in [0, 0.05) is 18.2 Å². The second-order valence-electron chi connectivity index (χ2n) is 8.46. The molecule has 0 bridgehead atoms. The Hall–Kier alpha value is -3.52. The number of pyridine rings is 1. The molecular formula is C25H22FN3O3S. The first kappa shape index (κ1) is 21.3. The van der Waals surface area contributed by atoms with E-state index in [9.17, 15) is 9.18 Å². The van der Waals surface area contributed by atoms with Crippen molar-refractivity contribution in [1.82, 2.24) is 9.97 Å². The highest BCUT2D eigenvalue weighted by Crippen LogP contribution is 2.41. The average Bonchev–Trinajstić information content (AvgIpc) is 3.37. The van der Waals surface area contributed by atoms with Crippen LogP contribution in [0.2, 0.25) is 0 Å². The molecule has 2 aromatic carbocycles. The summed E-state index contributed by atoms with van der Waals surface area (Å²) in [6, 6.07) is 16.0. The first-order chi connectivity index (χ1) is 15.9. The highest BCUT2D eigenvalue weighted by Gasteiger charge is 2.32. The maximum atomic E-state index is 14.2. The molecule has 6 nitrogen and oxygen atoms in total. The molecule has 2 aromatic heterocycles. The summed E-state index contributed by atoms with van der Waals surface area (Å²) in [6.07, 6.45) is 2.44. The Labute approximate surface area is 194 Å². The molecule has 1 amide bonds. The van der Waals surface area contributed by atoms with Gasteiger partial charge in [-0.1, -0.05) is 35.6 Å². The fraction of sp³-hybridized carbons (Fsp3) is 0.240. The summed E-state index contributed by atoms with van der Waals surface area (Å²) in [7, 11) is 0. The summed E-state index contributed by atoms with van der Waals surface area (Å²) in [5, 5.41) is 0.394. The van der Waals surface area contributed by atoms with E-state index in [1.54, 1.807) is 24.4 Å². The SMILES string of the molecule is CC1(C)Cc2cccc(OCC(=O)N(Cc3ccccn3)c3nc4c(F)cccc4s3)c2O1. The third kappa shape index (κ3) is 4.39. The summed E-state index contributed by atoms with van der Waals surface area (Å²) < 4.78 is 26.9. The molecule has 4 aromatic rings. The Morgan fingerprint density at radius 1 is 1.18 bits per heavy atom. The monoisotopic (exact) mass is 463 g/mol. The molecule has 0 spiro atoms. The van der Waals surface area contributed by atoms with Crippen LogP contribution in [0.3, 0.4) is 0 Å². The summed E-state index contributed by atoms with van der Waals surface area (Å²) in [5.74, 6) is 0.472. The molecular weight excluding hydrogens is 441 g/mol. The number of aromatic nitrogens is 2. The summed E-state index contributed by atoms with van der Waals surface area (Å²) in [5.41, 5.74) is 1.67. The highest BCUT2D eigenvalue weighted by atomic mass is 32.1. The van der Waals surface area contributed by atoms with Crippen LogP contribution in [0.25, 0.3) is 10.2 Å². The molecule has 0 aliphatic carbocycles. The van der Waals surface area contributed by atoms with Crippen LogP contribution in [0.5, 0.6) is 11.5 Å². The van der Waals surface area contributed by atoms with Crippen LogP contribution in [0.4, 0.5) is 9.52 Å². The van der Waals surface area contributed by atoms with Gasteiger partial charge in [-0.05, 0) is 44.2 Å². The van der Waals surface area contributed by atoms with Crippen molar-refractivity contribution < 1.29 is 18.7 Å². The van der Waals surface area contributed by atoms with Crippen LogP contribution in [0, 0.1) is 5.82 Å². The molecule has 0 unspecified atom stereocenters. The van der Waals surface area contributed by atoms with Crippen molar-refractivity contribution in [3.8, 4) is 11.5 Å². The van der Waals surface area contributed by atoms with Gasteiger partial charge in [-0.3, -0.25) is 14.7 Å². The minimum Gasteiger partial charge on any atom is -0.483 e. The number of fused-ring (bicyclic) bond motifs is 2. The minimum atomic E-state index is -0.420. The second-order valence-corrected chi connectivity index (χ2v) is 9.46. The van der Waals surface area contributed by atoms with Crippen molar-refractivity contribution in [1.29, 1.82) is 0 Å². The highest BCUT2D eigenvalue weighted by molar-refractivity contribution is 7.22. The van der Waals surface area contributed by atoms with Gasteiger partial charge in [0.05, 0.1) is 16.9 Å². The number of anilines is 1. The third-order valence-electron chi connectivity index (χ3n) is 5.34. The fourth-order valence-corrected chi connectivity index (χ4v) is 4.85. The van der Waals surface area contributed by atoms with E-state index in [0.717, 1.165) is 12.0 Å². The van der Waals surface area contributed by atoms with E-state index in [1.165, 1.54) is 22.3 Å². The maximum absolute atomic E-state index is 14.2. The number of ether oxygens (including phenoxy) is 2. The number of benzene rings is 2. The van der Waals surface area contributed by atoms with Gasteiger partial charge >= 0.3 is 0 Å². The number of carbonyl (C=O) groups excluding carboxylic acids is 1. The lowest BCUT2D eigenvalue weighted by Crippen LogP contribution is -2.34. The van der Waals surface area contributed by atoms with Gasteiger partial charge in [0.1, 0.15) is 16.9 Å². The van der Waals surface area contributed by atoms with E-state index in [2.05, 4.69) is 9.97 Å². The number of nitrogens with zero attached hydrogens (tertiary/aromatic N) is 3. The number of carbonyl (C=O) groups is 1. The van der Waals surface area contributed by atoms with Crippen molar-refractivity contribution in [2.75, 3.05) is 11.5 Å². The third-order valence-corrected chi connectivity index (χ3v) is 6.39. The van der Waals surface area contributed by atoms with Gasteiger partial charge in [-0.15, -0.1) is 0 Å². The van der Waals surface area contributed by atoms with Crippen LogP contribution in [0.15, 0.2) is 60.8 Å². The number of hydrogen-bond acceptors (Lipinski definition) is 6. The number of amides is 1. The van der Waals surface area contributed by atoms with E-state index in [4.69, 9.17) is 9.47 Å². The standard InChI is InChI=1S/C25H22FN3O3S/c1-25(2)13-16-7-5-10-19(23(16)32-25)31-15-21(30)29(14-17-8-3-4-12-27-17)24-28-22-18(26)9-6-11-20(22)33-24/h3-12H,13-15H2,1-2H3. The quantitative estimate of drug-likeness (QED) is 0.395. The van der Waals surface area contributed by atoms with E-state index in [-0.39, 0.29) is 30.2 Å². The largest absolute Gasteiger partial charge is 0.483 e. The normalized spacial score (nSPS) is 14.0. The van der Waals surface area contributed by atoms with Crippen LogP contribution in [-0.4, -0.2) is 28.1 Å². The van der Waals surface area contributed by atoms with Crippen LogP contribution < -0.4 is 14.4 Å². The molecule has 0 radical (unpaired) electrons. The van der Waals surface area contributed by atoms with Gasteiger partial charge in [0.25, 0.3) is 5.91 Å². The molecule has 0 saturated carbocycles. The Balaban J connectivity index is 1.42. The molecule has 0 fully saturated rings. The maximum Gasteiger partial charge on any atom is 0.267 e. The van der Waals surface area contributed by atoms with Gasteiger partial charge in [-0.25, -0.2) is 9.37 Å². The first-order valence-electron chi connectivity index (χ1n) is 10.6. The van der Waals surface area contributed by atoms with E-state index >= 15 is 0 Å². The second kappa shape index (κ2) is 8.44. The zero-order valence-corrected chi connectivity index (χ0v) is 19.1. The lowest BCUT2D eigenvalue weighted by atomic mass is 10.0. The smallest absolute Gasteiger partial charge is 0.267 e.